The Hall–Kier alpha value is 0.250. The van der Waals surface area contributed by atoms with Gasteiger partial charge in [0, 0.05) is 0 Å². The van der Waals surface area contributed by atoms with Crippen molar-refractivity contribution in [2.75, 3.05) is 20.6 Å². The number of likely N-dealkylation sites (N-methyl/N-ethyl adjacent to an activating group) is 1. The van der Waals surface area contributed by atoms with E-state index in [4.69, 9.17) is 11.6 Å². The quantitative estimate of drug-likeness (QED) is 0.184. The van der Waals surface area contributed by atoms with E-state index in [-0.39, 0.29) is 0 Å². The van der Waals surface area contributed by atoms with Crippen LogP contribution in [0.15, 0.2) is 0 Å². The first-order valence-electron chi connectivity index (χ1n) is 2.10. The molecule has 1 aliphatic heterocycles. The zero-order valence-corrected chi connectivity index (χ0v) is 4.87. The molecule has 0 saturated carbocycles. The van der Waals surface area contributed by atoms with E-state index < -0.39 is 0 Å². The molecule has 1 aliphatic rings. The van der Waals surface area contributed by atoms with Crippen LogP contribution >= 0.6 is 11.6 Å². The molecule has 1 nitrogen and oxygen atoms in total. The zero-order valence-electron chi connectivity index (χ0n) is 4.11. The molecule has 1 fully saturated rings. The molecule has 0 aromatic heterocycles. The molecule has 0 N–H and O–H groups in total. The topological polar surface area (TPSA) is 0 Å². The largest absolute Gasteiger partial charge is 0.303 e. The molecule has 1 unspecified atom stereocenters. The lowest BCUT2D eigenvalue weighted by atomic mass is 11.0. The number of hydrogen-bond donors (Lipinski definition) is 0. The van der Waals surface area contributed by atoms with E-state index in [1.165, 1.54) is 0 Å². The third-order valence-corrected chi connectivity index (χ3v) is 1.91. The van der Waals surface area contributed by atoms with E-state index in [0.717, 1.165) is 11.0 Å². The number of rotatable bonds is 0. The summed E-state index contributed by atoms with van der Waals surface area (Å²) in [4.78, 5) is 0. The van der Waals surface area contributed by atoms with Gasteiger partial charge in [0.25, 0.3) is 0 Å². The summed E-state index contributed by atoms with van der Waals surface area (Å²) in [5.74, 6) is 0. The molecular formula is C4H9ClN+. The lowest BCUT2D eigenvalue weighted by Crippen LogP contribution is -2.12. The van der Waals surface area contributed by atoms with Crippen LogP contribution in [0.5, 0.6) is 0 Å². The smallest absolute Gasteiger partial charge is 0.214 e. The minimum absolute atomic E-state index is 0.407. The highest BCUT2D eigenvalue weighted by molar-refractivity contribution is 6.20. The fraction of sp³-hybridized carbons (Fsp3) is 1.00. The second-order valence-corrected chi connectivity index (χ2v) is 2.90. The number of hydrogen-bond acceptors (Lipinski definition) is 0. The number of alkyl halides is 1. The van der Waals surface area contributed by atoms with Gasteiger partial charge < -0.3 is 4.48 Å². The summed E-state index contributed by atoms with van der Waals surface area (Å²) in [5, 5.41) is 0. The molecule has 0 aromatic carbocycles. The molecule has 36 valence electrons. The van der Waals surface area contributed by atoms with Crippen LogP contribution in [0.2, 0.25) is 0 Å². The molecule has 2 heteroatoms. The Labute approximate surface area is 43.1 Å². The summed E-state index contributed by atoms with van der Waals surface area (Å²) in [6, 6.07) is 0. The first-order chi connectivity index (χ1) is 2.63. The van der Waals surface area contributed by atoms with Crippen molar-refractivity contribution in [3.63, 3.8) is 0 Å². The van der Waals surface area contributed by atoms with Gasteiger partial charge in [-0.05, 0) is 0 Å². The molecule has 1 heterocycles. The van der Waals surface area contributed by atoms with E-state index in [0.29, 0.717) is 5.50 Å². The van der Waals surface area contributed by atoms with Gasteiger partial charge in [0.1, 0.15) is 6.54 Å². The third kappa shape index (κ3) is 0.525. The fourth-order valence-corrected chi connectivity index (χ4v) is 0.697. The summed E-state index contributed by atoms with van der Waals surface area (Å²) in [7, 11) is 4.25. The molecule has 1 rings (SSSR count). The van der Waals surface area contributed by atoms with Crippen molar-refractivity contribution >= 4 is 11.6 Å². The Kier molecular flexibility index (Phi) is 0.663. The second-order valence-electron chi connectivity index (χ2n) is 2.40. The van der Waals surface area contributed by atoms with Crippen molar-refractivity contribution in [3.05, 3.63) is 0 Å². The number of quaternary nitrogens is 1. The van der Waals surface area contributed by atoms with E-state index in [1.807, 2.05) is 0 Å². The molecule has 0 aliphatic carbocycles. The monoisotopic (exact) mass is 106 g/mol. The Morgan fingerprint density at radius 3 is 1.83 bits per heavy atom. The van der Waals surface area contributed by atoms with Crippen molar-refractivity contribution < 1.29 is 4.48 Å². The lowest BCUT2D eigenvalue weighted by molar-refractivity contribution is -0.760. The highest BCUT2D eigenvalue weighted by atomic mass is 35.5. The predicted molar refractivity (Wildman–Crippen MR) is 26.6 cm³/mol. The van der Waals surface area contributed by atoms with Gasteiger partial charge in [-0.1, -0.05) is 11.6 Å². The molecular weight excluding hydrogens is 97.5 g/mol. The van der Waals surface area contributed by atoms with Crippen molar-refractivity contribution in [2.45, 2.75) is 5.50 Å². The van der Waals surface area contributed by atoms with Crippen LogP contribution in [0.1, 0.15) is 0 Å². The average molecular weight is 107 g/mol. The van der Waals surface area contributed by atoms with Crippen LogP contribution in [0.3, 0.4) is 0 Å². The summed E-state index contributed by atoms with van der Waals surface area (Å²) in [6.45, 7) is 1.14. The first kappa shape index (κ1) is 4.41. The number of halogens is 1. The molecule has 1 atom stereocenters. The second kappa shape index (κ2) is 0.903. The lowest BCUT2D eigenvalue weighted by Gasteiger charge is -1.98. The van der Waals surface area contributed by atoms with Crippen molar-refractivity contribution in [1.82, 2.24) is 0 Å². The van der Waals surface area contributed by atoms with Gasteiger partial charge in [0.2, 0.25) is 5.50 Å². The van der Waals surface area contributed by atoms with Crippen LogP contribution < -0.4 is 0 Å². The minimum atomic E-state index is 0.407. The van der Waals surface area contributed by atoms with Gasteiger partial charge >= 0.3 is 0 Å². The number of nitrogens with zero attached hydrogens (tertiary/aromatic N) is 1. The van der Waals surface area contributed by atoms with E-state index in [9.17, 15) is 0 Å². The molecule has 0 amide bonds. The normalized spacial score (nSPS) is 39.5. The van der Waals surface area contributed by atoms with Crippen LogP contribution in [0.4, 0.5) is 0 Å². The summed E-state index contributed by atoms with van der Waals surface area (Å²) >= 11 is 5.65. The van der Waals surface area contributed by atoms with E-state index in [2.05, 4.69) is 14.1 Å². The van der Waals surface area contributed by atoms with Gasteiger partial charge in [0.05, 0.1) is 14.1 Å². The fourth-order valence-electron chi connectivity index (χ4n) is 0.341. The first-order valence-corrected chi connectivity index (χ1v) is 2.53. The van der Waals surface area contributed by atoms with Crippen LogP contribution in [-0.4, -0.2) is 30.6 Å². The molecule has 0 spiro atoms. The maximum atomic E-state index is 5.65. The molecule has 0 bridgehead atoms. The molecule has 1 saturated heterocycles. The van der Waals surface area contributed by atoms with Gasteiger partial charge in [-0.3, -0.25) is 0 Å². The average Bonchev–Trinajstić information content (AvgIpc) is 1.73. The van der Waals surface area contributed by atoms with Crippen molar-refractivity contribution in [1.29, 1.82) is 0 Å². The zero-order chi connectivity index (χ0) is 4.78. The highest BCUT2D eigenvalue weighted by Gasteiger charge is 2.45. The van der Waals surface area contributed by atoms with Crippen molar-refractivity contribution in [2.24, 2.45) is 0 Å². The van der Waals surface area contributed by atoms with Gasteiger partial charge in [-0.2, -0.15) is 0 Å². The van der Waals surface area contributed by atoms with Crippen LogP contribution in [-0.2, 0) is 0 Å². The summed E-state index contributed by atoms with van der Waals surface area (Å²) in [5.41, 5.74) is 0.407. The SMILES string of the molecule is C[N+]1(C)CC1Cl. The standard InChI is InChI=1S/C4H9ClN/c1-6(2)3-4(6)5/h4H,3H2,1-2H3/q+1. The molecule has 6 heavy (non-hydrogen) atoms. The van der Waals surface area contributed by atoms with Crippen LogP contribution in [0, 0.1) is 0 Å². The maximum absolute atomic E-state index is 5.65. The predicted octanol–water partition coefficient (Wildman–Crippen LogP) is 0.641. The van der Waals surface area contributed by atoms with Crippen molar-refractivity contribution in [3.8, 4) is 0 Å². The Bertz CT molecular complexity index is 69.9. The molecule has 0 aromatic rings. The maximum Gasteiger partial charge on any atom is 0.214 e. The van der Waals surface area contributed by atoms with Gasteiger partial charge in [0.15, 0.2) is 0 Å². The minimum Gasteiger partial charge on any atom is -0.303 e. The highest BCUT2D eigenvalue weighted by Crippen LogP contribution is 2.26. The van der Waals surface area contributed by atoms with Gasteiger partial charge in [-0.15, -0.1) is 0 Å². The van der Waals surface area contributed by atoms with Crippen LogP contribution in [0.25, 0.3) is 0 Å². The van der Waals surface area contributed by atoms with Gasteiger partial charge in [-0.25, -0.2) is 0 Å². The Morgan fingerprint density at radius 1 is 1.67 bits per heavy atom. The van der Waals surface area contributed by atoms with E-state index in [1.54, 1.807) is 0 Å². The van der Waals surface area contributed by atoms with E-state index >= 15 is 0 Å². The third-order valence-electron chi connectivity index (χ3n) is 1.25. The Morgan fingerprint density at radius 2 is 1.83 bits per heavy atom. The molecule has 0 radical (unpaired) electrons. The summed E-state index contributed by atoms with van der Waals surface area (Å²) in [6.07, 6.45) is 0. The Balaban J connectivity index is 2.41. The summed E-state index contributed by atoms with van der Waals surface area (Å²) < 4.78 is 1.00.